The number of hydrogen-bond donors (Lipinski definition) is 1. The van der Waals surface area contributed by atoms with Crippen molar-refractivity contribution in [1.29, 1.82) is 0 Å². The molecule has 0 amide bonds. The maximum Gasteiger partial charge on any atom is 0.277 e. The first-order valence-electron chi connectivity index (χ1n) is 5.61. The minimum atomic E-state index is -0.572. The van der Waals surface area contributed by atoms with Gasteiger partial charge in [-0.25, -0.2) is 4.98 Å². The van der Waals surface area contributed by atoms with Gasteiger partial charge in [0.2, 0.25) is 5.82 Å². The van der Waals surface area contributed by atoms with Crippen molar-refractivity contribution in [3.8, 4) is 11.6 Å². The molecule has 0 fully saturated rings. The van der Waals surface area contributed by atoms with E-state index in [-0.39, 0.29) is 0 Å². The molecule has 0 radical (unpaired) electrons. The molecule has 0 saturated heterocycles. The van der Waals surface area contributed by atoms with Crippen LogP contribution in [0, 0.1) is 0 Å². The highest BCUT2D eigenvalue weighted by Gasteiger charge is 2.27. The summed E-state index contributed by atoms with van der Waals surface area (Å²) < 4.78 is 10.5. The Morgan fingerprint density at radius 2 is 2.22 bits per heavy atom. The van der Waals surface area contributed by atoms with E-state index in [4.69, 9.17) is 15.0 Å². The molecule has 0 atom stereocenters. The molecule has 2 heterocycles. The molecule has 0 bridgehead atoms. The Morgan fingerprint density at radius 1 is 1.44 bits per heavy atom. The summed E-state index contributed by atoms with van der Waals surface area (Å²) in [5.74, 6) is 0.919. The number of hydrogen-bond acceptors (Lipinski definition) is 7. The number of rotatable bonds is 5. The fraction of sp³-hybridized carbons (Fsp3) is 0.545. The van der Waals surface area contributed by atoms with E-state index >= 15 is 0 Å². The van der Waals surface area contributed by atoms with Gasteiger partial charge in [0.05, 0.1) is 5.01 Å². The minimum absolute atomic E-state index is 0.412. The Labute approximate surface area is 109 Å². The monoisotopic (exact) mass is 268 g/mol. The van der Waals surface area contributed by atoms with Gasteiger partial charge in [0.15, 0.2) is 0 Å². The van der Waals surface area contributed by atoms with E-state index in [0.29, 0.717) is 24.0 Å². The van der Waals surface area contributed by atoms with Crippen molar-refractivity contribution < 1.29 is 9.26 Å². The number of ether oxygens (including phenoxy) is 1. The summed E-state index contributed by atoms with van der Waals surface area (Å²) in [5, 5.41) is 6.78. The molecule has 0 unspecified atom stereocenters. The van der Waals surface area contributed by atoms with Crippen molar-refractivity contribution in [1.82, 2.24) is 15.1 Å². The van der Waals surface area contributed by atoms with E-state index in [2.05, 4.69) is 15.1 Å². The summed E-state index contributed by atoms with van der Waals surface area (Å²) in [4.78, 5) is 8.70. The average molecular weight is 268 g/mol. The van der Waals surface area contributed by atoms with E-state index in [1.165, 1.54) is 0 Å². The molecule has 0 aromatic carbocycles. The summed E-state index contributed by atoms with van der Waals surface area (Å²) >= 11 is 1.54. The number of nitrogens with two attached hydrogens (primary N) is 1. The first-order chi connectivity index (χ1) is 8.56. The highest BCUT2D eigenvalue weighted by atomic mass is 32.1. The van der Waals surface area contributed by atoms with Gasteiger partial charge < -0.3 is 15.0 Å². The fourth-order valence-corrected chi connectivity index (χ4v) is 2.10. The van der Waals surface area contributed by atoms with Gasteiger partial charge in [0, 0.05) is 18.9 Å². The van der Waals surface area contributed by atoms with Gasteiger partial charge in [-0.3, -0.25) is 0 Å². The van der Waals surface area contributed by atoms with Crippen LogP contribution in [-0.4, -0.2) is 28.8 Å². The third-order valence-electron chi connectivity index (χ3n) is 2.60. The maximum atomic E-state index is 5.49. The highest BCUT2D eigenvalue weighted by molar-refractivity contribution is 7.09. The van der Waals surface area contributed by atoms with E-state index in [0.717, 1.165) is 11.4 Å². The fourth-order valence-electron chi connectivity index (χ4n) is 1.31. The third kappa shape index (κ3) is 2.58. The number of aromatic nitrogens is 3. The van der Waals surface area contributed by atoms with E-state index in [1.807, 2.05) is 19.2 Å². The average Bonchev–Trinajstić information content (AvgIpc) is 2.97. The zero-order chi connectivity index (χ0) is 13.2. The van der Waals surface area contributed by atoms with Gasteiger partial charge in [-0.05, 0) is 20.4 Å². The molecular formula is C11H16N4O2S. The lowest BCUT2D eigenvalue weighted by Gasteiger charge is -2.17. The molecular weight excluding hydrogens is 252 g/mol. The molecule has 18 heavy (non-hydrogen) atoms. The predicted molar refractivity (Wildman–Crippen MR) is 68.2 cm³/mol. The van der Waals surface area contributed by atoms with Crippen LogP contribution >= 0.6 is 11.3 Å². The maximum absolute atomic E-state index is 5.49. The largest absolute Gasteiger partial charge is 0.371 e. The first-order valence-corrected chi connectivity index (χ1v) is 6.49. The van der Waals surface area contributed by atoms with Crippen LogP contribution in [0.3, 0.4) is 0 Å². The zero-order valence-electron chi connectivity index (χ0n) is 10.6. The van der Waals surface area contributed by atoms with Crippen LogP contribution in [0.5, 0.6) is 0 Å². The van der Waals surface area contributed by atoms with Crippen molar-refractivity contribution in [2.45, 2.75) is 25.9 Å². The van der Waals surface area contributed by atoms with Gasteiger partial charge in [-0.1, -0.05) is 5.16 Å². The first kappa shape index (κ1) is 13.1. The lowest BCUT2D eigenvalue weighted by Crippen LogP contribution is -2.21. The molecule has 2 N–H and O–H groups in total. The number of nitrogens with zero attached hydrogens (tertiary/aromatic N) is 3. The molecule has 98 valence electrons. The van der Waals surface area contributed by atoms with Crippen LogP contribution in [0.15, 0.2) is 9.90 Å². The Hall–Kier alpha value is -1.31. The van der Waals surface area contributed by atoms with Gasteiger partial charge in [-0.2, -0.15) is 4.98 Å². The zero-order valence-corrected chi connectivity index (χ0v) is 11.5. The second-order valence-corrected chi connectivity index (χ2v) is 5.25. The van der Waals surface area contributed by atoms with Crippen LogP contribution < -0.4 is 5.73 Å². The van der Waals surface area contributed by atoms with Crippen molar-refractivity contribution in [2.75, 3.05) is 13.7 Å². The standard InChI is InChI=1S/C11H16N4O2S/c1-11(2,16-3)10-14-9(17-15-10)7-6-18-8(13-7)4-5-12/h6H,4-5,12H2,1-3H3. The Bertz CT molecular complexity index is 521. The molecule has 0 aliphatic rings. The molecule has 2 aromatic rings. The van der Waals surface area contributed by atoms with E-state index in [1.54, 1.807) is 18.4 Å². The smallest absolute Gasteiger partial charge is 0.277 e. The second-order valence-electron chi connectivity index (χ2n) is 4.30. The van der Waals surface area contributed by atoms with Crippen molar-refractivity contribution >= 4 is 11.3 Å². The van der Waals surface area contributed by atoms with Crippen LogP contribution in [0.1, 0.15) is 24.7 Å². The van der Waals surface area contributed by atoms with Crippen LogP contribution in [0.4, 0.5) is 0 Å². The summed E-state index contributed by atoms with van der Waals surface area (Å²) in [5.41, 5.74) is 5.60. The van der Waals surface area contributed by atoms with Gasteiger partial charge >= 0.3 is 0 Å². The van der Waals surface area contributed by atoms with Gasteiger partial charge in [-0.15, -0.1) is 11.3 Å². The van der Waals surface area contributed by atoms with E-state index in [9.17, 15) is 0 Å². The number of methoxy groups -OCH3 is 1. The predicted octanol–water partition coefficient (Wildman–Crippen LogP) is 1.58. The van der Waals surface area contributed by atoms with Crippen molar-refractivity contribution in [3.63, 3.8) is 0 Å². The van der Waals surface area contributed by atoms with Crippen molar-refractivity contribution in [2.24, 2.45) is 5.73 Å². The topological polar surface area (TPSA) is 87.1 Å². The van der Waals surface area contributed by atoms with Crippen molar-refractivity contribution in [3.05, 3.63) is 16.2 Å². The summed E-state index contributed by atoms with van der Waals surface area (Å²) in [6, 6.07) is 0. The van der Waals surface area contributed by atoms with Gasteiger partial charge in [0.25, 0.3) is 5.89 Å². The summed E-state index contributed by atoms with van der Waals surface area (Å²) in [6.45, 7) is 4.34. The Balaban J connectivity index is 2.23. The quantitative estimate of drug-likeness (QED) is 0.885. The molecule has 0 saturated carbocycles. The third-order valence-corrected chi connectivity index (χ3v) is 3.51. The molecule has 7 heteroatoms. The molecule has 6 nitrogen and oxygen atoms in total. The van der Waals surface area contributed by atoms with E-state index < -0.39 is 5.60 Å². The molecule has 0 aliphatic carbocycles. The Kier molecular flexibility index (Phi) is 3.74. The van der Waals surface area contributed by atoms with Gasteiger partial charge in [0.1, 0.15) is 11.3 Å². The molecule has 2 aromatic heterocycles. The lowest BCUT2D eigenvalue weighted by molar-refractivity contribution is 0.00973. The molecule has 0 spiro atoms. The second kappa shape index (κ2) is 5.13. The number of thiazole rings is 1. The summed E-state index contributed by atoms with van der Waals surface area (Å²) in [7, 11) is 1.61. The lowest BCUT2D eigenvalue weighted by atomic mass is 10.1. The molecule has 2 rings (SSSR count). The van der Waals surface area contributed by atoms with Crippen LogP contribution in [-0.2, 0) is 16.8 Å². The minimum Gasteiger partial charge on any atom is -0.371 e. The highest BCUT2D eigenvalue weighted by Crippen LogP contribution is 2.25. The van der Waals surface area contributed by atoms with Crippen LogP contribution in [0.2, 0.25) is 0 Å². The summed E-state index contributed by atoms with van der Waals surface area (Å²) in [6.07, 6.45) is 0.759. The normalized spacial score (nSPS) is 12.0. The van der Waals surface area contributed by atoms with Crippen LogP contribution in [0.25, 0.3) is 11.6 Å². The molecule has 0 aliphatic heterocycles. The Morgan fingerprint density at radius 3 is 2.89 bits per heavy atom. The SMILES string of the molecule is COC(C)(C)c1noc(-c2csc(CCN)n2)n1.